The van der Waals surface area contributed by atoms with Crippen molar-refractivity contribution in [3.63, 3.8) is 0 Å². The molecular formula is C13H19NO5. The number of hydrogen-bond donors (Lipinski definition) is 2. The normalized spacial score (nSPS) is 29.2. The minimum atomic E-state index is -1.11. The lowest BCUT2D eigenvalue weighted by molar-refractivity contribution is -0.144. The van der Waals surface area contributed by atoms with Gasteiger partial charge >= 0.3 is 11.9 Å². The number of carbonyl (C=O) groups excluding carboxylic acids is 2. The SMILES string of the molecule is COC(=O)CC[C@@H](NC(=O)C1C2CCCC21)C(=O)O. The van der Waals surface area contributed by atoms with Crippen LogP contribution >= 0.6 is 0 Å². The first-order valence-electron chi connectivity index (χ1n) is 6.64. The summed E-state index contributed by atoms with van der Waals surface area (Å²) in [5, 5.41) is 11.6. The average Bonchev–Trinajstić information content (AvgIpc) is 2.87. The zero-order valence-corrected chi connectivity index (χ0v) is 10.9. The van der Waals surface area contributed by atoms with Crippen molar-refractivity contribution >= 4 is 17.8 Å². The number of amides is 1. The fourth-order valence-electron chi connectivity index (χ4n) is 3.10. The summed E-state index contributed by atoms with van der Waals surface area (Å²) in [6.07, 6.45) is 3.37. The van der Waals surface area contributed by atoms with E-state index in [9.17, 15) is 14.4 Å². The molecule has 2 aliphatic rings. The van der Waals surface area contributed by atoms with Gasteiger partial charge in [0.15, 0.2) is 0 Å². The fourth-order valence-corrected chi connectivity index (χ4v) is 3.10. The summed E-state index contributed by atoms with van der Waals surface area (Å²) in [5.41, 5.74) is 0. The van der Waals surface area contributed by atoms with Crippen LogP contribution < -0.4 is 5.32 Å². The standard InChI is InChI=1S/C13H19NO5/c1-19-10(15)6-5-9(13(17)18)14-12(16)11-7-3-2-4-8(7)11/h7-9,11H,2-6H2,1H3,(H,14,16)(H,17,18)/t7?,8?,9-,11?/m1/s1. The highest BCUT2D eigenvalue weighted by Crippen LogP contribution is 2.57. The van der Waals surface area contributed by atoms with Crippen LogP contribution in [0.2, 0.25) is 0 Å². The molecule has 0 bridgehead atoms. The molecule has 6 heteroatoms. The zero-order chi connectivity index (χ0) is 14.0. The van der Waals surface area contributed by atoms with E-state index in [0.29, 0.717) is 11.8 Å². The first-order valence-corrected chi connectivity index (χ1v) is 6.64. The van der Waals surface area contributed by atoms with E-state index in [-0.39, 0.29) is 24.7 Å². The minimum Gasteiger partial charge on any atom is -0.480 e. The molecule has 0 aromatic heterocycles. The van der Waals surface area contributed by atoms with Crippen LogP contribution in [0.1, 0.15) is 32.1 Å². The molecule has 0 saturated heterocycles. The molecule has 0 heterocycles. The Hall–Kier alpha value is -1.59. The Labute approximate surface area is 111 Å². The van der Waals surface area contributed by atoms with Crippen LogP contribution in [0.3, 0.4) is 0 Å². The third kappa shape index (κ3) is 3.05. The quantitative estimate of drug-likeness (QED) is 0.687. The Morgan fingerprint density at radius 1 is 1.32 bits per heavy atom. The van der Waals surface area contributed by atoms with Gasteiger partial charge in [0.05, 0.1) is 7.11 Å². The Balaban J connectivity index is 1.81. The molecule has 0 aliphatic heterocycles. The van der Waals surface area contributed by atoms with Gasteiger partial charge in [-0.2, -0.15) is 0 Å². The number of methoxy groups -OCH3 is 1. The van der Waals surface area contributed by atoms with E-state index >= 15 is 0 Å². The number of carbonyl (C=O) groups is 3. The summed E-state index contributed by atoms with van der Waals surface area (Å²) in [7, 11) is 1.25. The van der Waals surface area contributed by atoms with E-state index in [1.54, 1.807) is 0 Å². The Morgan fingerprint density at radius 2 is 1.95 bits per heavy atom. The van der Waals surface area contributed by atoms with Crippen molar-refractivity contribution in [2.75, 3.05) is 7.11 Å². The Kier molecular flexibility index (Phi) is 4.07. The third-order valence-corrected chi connectivity index (χ3v) is 4.19. The van der Waals surface area contributed by atoms with Crippen LogP contribution in [-0.2, 0) is 19.1 Å². The van der Waals surface area contributed by atoms with Gasteiger partial charge < -0.3 is 15.2 Å². The highest BCUT2D eigenvalue weighted by Gasteiger charge is 2.56. The molecule has 2 rings (SSSR count). The number of hydrogen-bond acceptors (Lipinski definition) is 4. The van der Waals surface area contributed by atoms with Crippen LogP contribution in [0.5, 0.6) is 0 Å². The van der Waals surface area contributed by atoms with E-state index in [0.717, 1.165) is 12.8 Å². The molecule has 0 spiro atoms. The van der Waals surface area contributed by atoms with E-state index < -0.39 is 18.0 Å². The number of aliphatic carboxylic acids is 1. The highest BCUT2D eigenvalue weighted by molar-refractivity contribution is 5.87. The van der Waals surface area contributed by atoms with Gasteiger partial charge in [-0.3, -0.25) is 9.59 Å². The first-order chi connectivity index (χ1) is 9.04. The fraction of sp³-hybridized carbons (Fsp3) is 0.769. The molecule has 2 aliphatic carbocycles. The van der Waals surface area contributed by atoms with Crippen molar-refractivity contribution in [1.29, 1.82) is 0 Å². The van der Waals surface area contributed by atoms with Crippen LogP contribution in [0.4, 0.5) is 0 Å². The minimum absolute atomic E-state index is 0.00581. The first kappa shape index (κ1) is 13.8. The summed E-state index contributed by atoms with van der Waals surface area (Å²) in [4.78, 5) is 34.0. The second-order valence-electron chi connectivity index (χ2n) is 5.30. The molecule has 19 heavy (non-hydrogen) atoms. The molecule has 0 aromatic carbocycles. The van der Waals surface area contributed by atoms with Gasteiger partial charge in [0.1, 0.15) is 6.04 Å². The van der Waals surface area contributed by atoms with Crippen LogP contribution in [0.25, 0.3) is 0 Å². The highest BCUT2D eigenvalue weighted by atomic mass is 16.5. The molecular weight excluding hydrogens is 250 g/mol. The lowest BCUT2D eigenvalue weighted by Crippen LogP contribution is -2.42. The van der Waals surface area contributed by atoms with Gasteiger partial charge in [0.25, 0.3) is 0 Å². The van der Waals surface area contributed by atoms with Crippen LogP contribution in [-0.4, -0.2) is 36.1 Å². The number of carboxylic acid groups (broad SMARTS) is 1. The second-order valence-corrected chi connectivity index (χ2v) is 5.30. The maximum atomic E-state index is 12.0. The van der Waals surface area contributed by atoms with Crippen molar-refractivity contribution < 1.29 is 24.2 Å². The van der Waals surface area contributed by atoms with E-state index in [4.69, 9.17) is 5.11 Å². The Bertz CT molecular complexity index is 384. The second kappa shape index (κ2) is 5.59. The molecule has 0 aromatic rings. The number of carboxylic acids is 1. The van der Waals surface area contributed by atoms with Crippen LogP contribution in [0, 0.1) is 17.8 Å². The predicted molar refractivity (Wildman–Crippen MR) is 65.1 cm³/mol. The summed E-state index contributed by atoms with van der Waals surface area (Å²) in [6.45, 7) is 0. The predicted octanol–water partition coefficient (Wildman–Crippen LogP) is 0.555. The molecule has 2 fully saturated rings. The lowest BCUT2D eigenvalue weighted by atomic mass is 10.1. The van der Waals surface area contributed by atoms with E-state index in [1.807, 2.05) is 0 Å². The van der Waals surface area contributed by atoms with Crippen molar-refractivity contribution in [3.8, 4) is 0 Å². The maximum Gasteiger partial charge on any atom is 0.326 e. The summed E-state index contributed by atoms with van der Waals surface area (Å²) in [5.74, 6) is -0.849. The van der Waals surface area contributed by atoms with Gasteiger partial charge in [0, 0.05) is 12.3 Å². The van der Waals surface area contributed by atoms with Crippen molar-refractivity contribution in [2.24, 2.45) is 17.8 Å². The number of nitrogens with one attached hydrogen (secondary N) is 1. The molecule has 1 amide bonds. The number of fused-ring (bicyclic) bond motifs is 1. The van der Waals surface area contributed by atoms with Gasteiger partial charge in [-0.1, -0.05) is 6.42 Å². The van der Waals surface area contributed by atoms with Gasteiger partial charge in [0.2, 0.25) is 5.91 Å². The molecule has 0 radical (unpaired) electrons. The number of ether oxygens (including phenoxy) is 1. The summed E-state index contributed by atoms with van der Waals surface area (Å²) in [6, 6.07) is -1.01. The smallest absolute Gasteiger partial charge is 0.326 e. The van der Waals surface area contributed by atoms with E-state index in [2.05, 4.69) is 10.1 Å². The number of rotatable bonds is 6. The molecule has 2 N–H and O–H groups in total. The molecule has 3 atom stereocenters. The van der Waals surface area contributed by atoms with Gasteiger partial charge in [-0.15, -0.1) is 0 Å². The van der Waals surface area contributed by atoms with Gasteiger partial charge in [-0.05, 0) is 31.1 Å². The summed E-state index contributed by atoms with van der Waals surface area (Å²) >= 11 is 0. The topological polar surface area (TPSA) is 92.7 Å². The average molecular weight is 269 g/mol. The summed E-state index contributed by atoms with van der Waals surface area (Å²) < 4.78 is 4.46. The van der Waals surface area contributed by atoms with Gasteiger partial charge in [-0.25, -0.2) is 4.79 Å². The van der Waals surface area contributed by atoms with E-state index in [1.165, 1.54) is 13.5 Å². The Morgan fingerprint density at radius 3 is 2.47 bits per heavy atom. The largest absolute Gasteiger partial charge is 0.480 e. The van der Waals surface area contributed by atoms with Crippen molar-refractivity contribution in [1.82, 2.24) is 5.32 Å². The zero-order valence-electron chi connectivity index (χ0n) is 10.9. The molecule has 106 valence electrons. The molecule has 6 nitrogen and oxygen atoms in total. The lowest BCUT2D eigenvalue weighted by Gasteiger charge is -2.14. The molecule has 2 unspecified atom stereocenters. The maximum absolute atomic E-state index is 12.0. The molecule has 2 saturated carbocycles. The third-order valence-electron chi connectivity index (χ3n) is 4.19. The van der Waals surface area contributed by atoms with Crippen molar-refractivity contribution in [3.05, 3.63) is 0 Å². The monoisotopic (exact) mass is 269 g/mol. The van der Waals surface area contributed by atoms with Crippen molar-refractivity contribution in [2.45, 2.75) is 38.1 Å². The van der Waals surface area contributed by atoms with Crippen LogP contribution in [0.15, 0.2) is 0 Å². The number of esters is 1.